The largest absolute Gasteiger partial charge is 0.480 e. The summed E-state index contributed by atoms with van der Waals surface area (Å²) in [4.78, 5) is 21.5. The minimum absolute atomic E-state index is 0.422. The molecule has 0 aromatic heterocycles. The van der Waals surface area contributed by atoms with Gasteiger partial charge in [-0.25, -0.2) is 9.59 Å². The van der Waals surface area contributed by atoms with Crippen LogP contribution in [0.5, 0.6) is 0 Å². The van der Waals surface area contributed by atoms with Crippen LogP contribution in [0.15, 0.2) is 0 Å². The number of carbonyl (C=O) groups is 2. The molecule has 0 bridgehead atoms. The summed E-state index contributed by atoms with van der Waals surface area (Å²) in [5, 5.41) is 12.1. The van der Waals surface area contributed by atoms with Crippen molar-refractivity contribution in [2.24, 2.45) is 5.92 Å². The molecule has 94 valence electrons. The van der Waals surface area contributed by atoms with Crippen molar-refractivity contribution >= 4 is 12.0 Å². The standard InChI is InChI=1S/C8H13F3N2O3/c1-4(2)5(6(14)15)13-7(16)12-3-8(9,10)11/h4-5H,3H2,1-2H3,(H,14,15)(H2,12,13,16). The minimum Gasteiger partial charge on any atom is -0.480 e. The van der Waals surface area contributed by atoms with Gasteiger partial charge in [-0.3, -0.25) is 0 Å². The van der Waals surface area contributed by atoms with Gasteiger partial charge in [0, 0.05) is 0 Å². The van der Waals surface area contributed by atoms with Crippen LogP contribution in [0.25, 0.3) is 0 Å². The Morgan fingerprint density at radius 1 is 1.31 bits per heavy atom. The highest BCUT2D eigenvalue weighted by atomic mass is 19.4. The lowest BCUT2D eigenvalue weighted by Gasteiger charge is -2.18. The lowest BCUT2D eigenvalue weighted by Crippen LogP contribution is -2.50. The van der Waals surface area contributed by atoms with Crippen LogP contribution < -0.4 is 10.6 Å². The summed E-state index contributed by atoms with van der Waals surface area (Å²) in [7, 11) is 0. The van der Waals surface area contributed by atoms with Crippen molar-refractivity contribution in [2.75, 3.05) is 6.54 Å². The maximum absolute atomic E-state index is 11.7. The van der Waals surface area contributed by atoms with Gasteiger partial charge >= 0.3 is 18.2 Å². The van der Waals surface area contributed by atoms with Crippen LogP contribution in [-0.4, -0.2) is 35.9 Å². The van der Waals surface area contributed by atoms with Gasteiger partial charge in [0.25, 0.3) is 0 Å². The number of halogens is 3. The third kappa shape index (κ3) is 6.10. The van der Waals surface area contributed by atoms with Crippen LogP contribution in [-0.2, 0) is 4.79 Å². The maximum Gasteiger partial charge on any atom is 0.405 e. The number of carboxylic acids is 1. The van der Waals surface area contributed by atoms with Crippen LogP contribution in [0.3, 0.4) is 0 Å². The zero-order chi connectivity index (χ0) is 12.9. The number of hydrogen-bond donors (Lipinski definition) is 3. The van der Waals surface area contributed by atoms with Gasteiger partial charge in [0.1, 0.15) is 12.6 Å². The first-order chi connectivity index (χ1) is 7.13. The number of hydrogen-bond acceptors (Lipinski definition) is 2. The number of amides is 2. The molecule has 0 fully saturated rings. The average molecular weight is 242 g/mol. The van der Waals surface area contributed by atoms with Gasteiger partial charge in [0.2, 0.25) is 0 Å². The van der Waals surface area contributed by atoms with E-state index < -0.39 is 36.7 Å². The number of rotatable bonds is 4. The first-order valence-electron chi connectivity index (χ1n) is 4.47. The molecule has 0 aliphatic heterocycles. The molecular formula is C8H13F3N2O3. The summed E-state index contributed by atoms with van der Waals surface area (Å²) in [5.41, 5.74) is 0. The summed E-state index contributed by atoms with van der Waals surface area (Å²) in [6.45, 7) is 1.56. The van der Waals surface area contributed by atoms with Crippen molar-refractivity contribution in [3.63, 3.8) is 0 Å². The van der Waals surface area contributed by atoms with Gasteiger partial charge in [-0.05, 0) is 5.92 Å². The monoisotopic (exact) mass is 242 g/mol. The average Bonchev–Trinajstić information content (AvgIpc) is 2.08. The molecule has 0 rings (SSSR count). The van der Waals surface area contributed by atoms with Crippen molar-refractivity contribution in [2.45, 2.75) is 26.1 Å². The number of aliphatic carboxylic acids is 1. The summed E-state index contributed by atoms with van der Waals surface area (Å²) in [6, 6.07) is -2.37. The highest BCUT2D eigenvalue weighted by Gasteiger charge is 2.29. The van der Waals surface area contributed by atoms with Crippen LogP contribution in [0.4, 0.5) is 18.0 Å². The molecule has 0 spiro atoms. The smallest absolute Gasteiger partial charge is 0.405 e. The Hall–Kier alpha value is -1.47. The van der Waals surface area contributed by atoms with Gasteiger partial charge in [-0.2, -0.15) is 13.2 Å². The molecule has 0 saturated heterocycles. The Kier molecular flexibility index (Phi) is 5.06. The van der Waals surface area contributed by atoms with E-state index in [-0.39, 0.29) is 0 Å². The Bertz CT molecular complexity index is 266. The third-order valence-electron chi connectivity index (χ3n) is 1.67. The van der Waals surface area contributed by atoms with Gasteiger partial charge in [0.15, 0.2) is 0 Å². The van der Waals surface area contributed by atoms with Crippen molar-refractivity contribution in [1.29, 1.82) is 0 Å². The second-order valence-corrected chi connectivity index (χ2v) is 3.50. The Labute approximate surface area is 90.0 Å². The van der Waals surface area contributed by atoms with E-state index in [4.69, 9.17) is 5.11 Å². The van der Waals surface area contributed by atoms with E-state index in [0.717, 1.165) is 0 Å². The normalized spacial score (nSPS) is 13.4. The molecule has 0 heterocycles. The van der Waals surface area contributed by atoms with Crippen LogP contribution in [0.2, 0.25) is 0 Å². The molecule has 1 atom stereocenters. The van der Waals surface area contributed by atoms with E-state index in [9.17, 15) is 22.8 Å². The Balaban J connectivity index is 4.17. The quantitative estimate of drug-likeness (QED) is 0.687. The van der Waals surface area contributed by atoms with Crippen LogP contribution in [0.1, 0.15) is 13.8 Å². The molecule has 8 heteroatoms. The number of nitrogens with one attached hydrogen (secondary N) is 2. The first-order valence-corrected chi connectivity index (χ1v) is 4.47. The highest BCUT2D eigenvalue weighted by molar-refractivity contribution is 5.82. The number of urea groups is 1. The summed E-state index contributed by atoms with van der Waals surface area (Å²) >= 11 is 0. The lowest BCUT2D eigenvalue weighted by molar-refractivity contribution is -0.140. The minimum atomic E-state index is -4.52. The maximum atomic E-state index is 11.7. The van der Waals surface area contributed by atoms with Crippen molar-refractivity contribution in [1.82, 2.24) is 10.6 Å². The molecule has 0 aromatic carbocycles. The second kappa shape index (κ2) is 5.57. The topological polar surface area (TPSA) is 78.4 Å². The van der Waals surface area contributed by atoms with Gasteiger partial charge in [-0.15, -0.1) is 0 Å². The molecule has 16 heavy (non-hydrogen) atoms. The van der Waals surface area contributed by atoms with Crippen LogP contribution >= 0.6 is 0 Å². The fourth-order valence-electron chi connectivity index (χ4n) is 0.886. The van der Waals surface area contributed by atoms with E-state index in [1.54, 1.807) is 0 Å². The second-order valence-electron chi connectivity index (χ2n) is 3.50. The van der Waals surface area contributed by atoms with Crippen molar-refractivity contribution < 1.29 is 27.9 Å². The Morgan fingerprint density at radius 3 is 2.12 bits per heavy atom. The number of alkyl halides is 3. The van der Waals surface area contributed by atoms with E-state index in [1.807, 2.05) is 5.32 Å². The van der Waals surface area contributed by atoms with Gasteiger partial charge < -0.3 is 15.7 Å². The third-order valence-corrected chi connectivity index (χ3v) is 1.67. The molecule has 0 aliphatic carbocycles. The van der Waals surface area contributed by atoms with Gasteiger partial charge in [0.05, 0.1) is 0 Å². The molecular weight excluding hydrogens is 229 g/mol. The highest BCUT2D eigenvalue weighted by Crippen LogP contribution is 2.12. The van der Waals surface area contributed by atoms with Crippen LogP contribution in [0, 0.1) is 5.92 Å². The first kappa shape index (κ1) is 14.5. The zero-order valence-corrected chi connectivity index (χ0v) is 8.76. The molecule has 3 N–H and O–H groups in total. The lowest BCUT2D eigenvalue weighted by atomic mass is 10.1. The SMILES string of the molecule is CC(C)C(NC(=O)NCC(F)(F)F)C(=O)O. The summed E-state index contributed by atoms with van der Waals surface area (Å²) < 4.78 is 35.1. The van der Waals surface area contributed by atoms with E-state index in [2.05, 4.69) is 0 Å². The predicted octanol–water partition coefficient (Wildman–Crippen LogP) is 0.957. The molecule has 0 saturated carbocycles. The number of carbonyl (C=O) groups excluding carboxylic acids is 1. The summed E-state index contributed by atoms with van der Waals surface area (Å²) in [5.74, 6) is -1.72. The molecule has 1 unspecified atom stereocenters. The molecule has 5 nitrogen and oxygen atoms in total. The van der Waals surface area contributed by atoms with Crippen molar-refractivity contribution in [3.8, 4) is 0 Å². The fourth-order valence-corrected chi connectivity index (χ4v) is 0.886. The molecule has 2 amide bonds. The molecule has 0 radical (unpaired) electrons. The number of carboxylic acid groups (broad SMARTS) is 1. The summed E-state index contributed by atoms with van der Waals surface area (Å²) in [6.07, 6.45) is -4.52. The van der Waals surface area contributed by atoms with Crippen molar-refractivity contribution in [3.05, 3.63) is 0 Å². The van der Waals surface area contributed by atoms with E-state index in [0.29, 0.717) is 0 Å². The zero-order valence-electron chi connectivity index (χ0n) is 8.76. The van der Waals surface area contributed by atoms with Gasteiger partial charge in [-0.1, -0.05) is 13.8 Å². The molecule has 0 aromatic rings. The van der Waals surface area contributed by atoms with E-state index in [1.165, 1.54) is 19.2 Å². The molecule has 0 aliphatic rings. The Morgan fingerprint density at radius 2 is 1.81 bits per heavy atom. The van der Waals surface area contributed by atoms with E-state index >= 15 is 0 Å². The predicted molar refractivity (Wildman–Crippen MR) is 48.9 cm³/mol. The fraction of sp³-hybridized carbons (Fsp3) is 0.750.